The van der Waals surface area contributed by atoms with Crippen molar-refractivity contribution in [3.63, 3.8) is 0 Å². The van der Waals surface area contributed by atoms with Crippen LogP contribution in [-0.4, -0.2) is 41.6 Å². The maximum Gasteiger partial charge on any atom is 0.306 e. The number of nitrogens with zero attached hydrogens (tertiary/aromatic N) is 2. The zero-order valence-electron chi connectivity index (χ0n) is 18.0. The van der Waals surface area contributed by atoms with E-state index in [9.17, 15) is 14.7 Å². The minimum absolute atomic E-state index is 0.217. The van der Waals surface area contributed by atoms with E-state index in [1.807, 2.05) is 30.3 Å². The quantitative estimate of drug-likeness (QED) is 0.577. The van der Waals surface area contributed by atoms with Gasteiger partial charge in [0, 0.05) is 25.0 Å². The number of aryl methyl sites for hydroxylation is 1. The van der Waals surface area contributed by atoms with Crippen LogP contribution in [0.5, 0.6) is 0 Å². The molecule has 0 saturated carbocycles. The Bertz CT molecular complexity index is 1160. The van der Waals surface area contributed by atoms with Gasteiger partial charge < -0.3 is 15.3 Å². The lowest BCUT2D eigenvalue weighted by Crippen LogP contribution is -2.36. The molecule has 1 aromatic heterocycles. The summed E-state index contributed by atoms with van der Waals surface area (Å²) in [5, 5.41) is 13.3. The molecule has 2 aromatic carbocycles. The molecule has 1 fully saturated rings. The van der Waals surface area contributed by atoms with Crippen molar-refractivity contribution in [3.05, 3.63) is 70.2 Å². The van der Waals surface area contributed by atoms with Gasteiger partial charge in [0.25, 0.3) is 5.91 Å². The Kier molecular flexibility index (Phi) is 6.61. The standard InChI is InChI=1S/C25H26ClN3O3/c1-16-4-2-3-5-17(16)10-13-27-24(30)23-19-6-9-22(28-21(19)8-7-20(23)26)29-14-11-18(12-15-29)25(31)32/h2-9,18H,10-15H2,1H3,(H,27,30)(H,31,32). The topological polar surface area (TPSA) is 82.5 Å². The van der Waals surface area contributed by atoms with E-state index in [4.69, 9.17) is 16.6 Å². The smallest absolute Gasteiger partial charge is 0.306 e. The number of piperidine rings is 1. The van der Waals surface area contributed by atoms with E-state index in [-0.39, 0.29) is 11.8 Å². The minimum atomic E-state index is -0.733. The number of hydrogen-bond donors (Lipinski definition) is 2. The summed E-state index contributed by atoms with van der Waals surface area (Å²) in [6.07, 6.45) is 1.95. The van der Waals surface area contributed by atoms with Gasteiger partial charge in [0.15, 0.2) is 0 Å². The SMILES string of the molecule is Cc1ccccc1CCNC(=O)c1c(Cl)ccc2nc(N3CCC(C(=O)O)CC3)ccc12. The van der Waals surface area contributed by atoms with Crippen molar-refractivity contribution in [3.8, 4) is 0 Å². The first-order chi connectivity index (χ1) is 15.4. The molecule has 32 heavy (non-hydrogen) atoms. The normalized spacial score (nSPS) is 14.5. The highest BCUT2D eigenvalue weighted by atomic mass is 35.5. The molecular formula is C25H26ClN3O3. The van der Waals surface area contributed by atoms with Gasteiger partial charge in [-0.2, -0.15) is 0 Å². The second kappa shape index (κ2) is 9.57. The van der Waals surface area contributed by atoms with Crippen molar-refractivity contribution in [1.82, 2.24) is 10.3 Å². The number of halogens is 1. The fraction of sp³-hybridized carbons (Fsp3) is 0.320. The molecule has 0 unspecified atom stereocenters. The molecule has 0 aliphatic carbocycles. The number of aromatic nitrogens is 1. The lowest BCUT2D eigenvalue weighted by molar-refractivity contribution is -0.142. The fourth-order valence-electron chi connectivity index (χ4n) is 4.22. The summed E-state index contributed by atoms with van der Waals surface area (Å²) in [5.74, 6) is -0.454. The van der Waals surface area contributed by atoms with Crippen molar-refractivity contribution < 1.29 is 14.7 Å². The Hall–Kier alpha value is -3.12. The van der Waals surface area contributed by atoms with E-state index >= 15 is 0 Å². The van der Waals surface area contributed by atoms with Crippen LogP contribution in [0.2, 0.25) is 5.02 Å². The number of aliphatic carboxylic acids is 1. The van der Waals surface area contributed by atoms with E-state index in [1.165, 1.54) is 11.1 Å². The fourth-order valence-corrected chi connectivity index (χ4v) is 4.47. The van der Waals surface area contributed by atoms with Crippen molar-refractivity contribution >= 4 is 40.2 Å². The molecule has 1 amide bonds. The summed E-state index contributed by atoms with van der Waals surface area (Å²) in [6.45, 7) is 3.87. The molecular weight excluding hydrogens is 426 g/mol. The largest absolute Gasteiger partial charge is 0.481 e. The number of pyridine rings is 1. The zero-order valence-corrected chi connectivity index (χ0v) is 18.7. The highest BCUT2D eigenvalue weighted by molar-refractivity contribution is 6.35. The molecule has 3 aromatic rings. The molecule has 6 nitrogen and oxygen atoms in total. The third-order valence-electron chi connectivity index (χ3n) is 6.14. The van der Waals surface area contributed by atoms with Gasteiger partial charge in [0.05, 0.1) is 22.0 Å². The Morgan fingerprint density at radius 1 is 1.12 bits per heavy atom. The summed E-state index contributed by atoms with van der Waals surface area (Å²) in [6, 6.07) is 15.4. The molecule has 2 N–H and O–H groups in total. The predicted octanol–water partition coefficient (Wildman–Crippen LogP) is 4.47. The first kappa shape index (κ1) is 22.1. The summed E-state index contributed by atoms with van der Waals surface area (Å²) in [7, 11) is 0. The van der Waals surface area contributed by atoms with Gasteiger partial charge in [0.1, 0.15) is 5.82 Å². The number of rotatable bonds is 6. The molecule has 2 heterocycles. The first-order valence-electron chi connectivity index (χ1n) is 10.8. The second-order valence-corrected chi connectivity index (χ2v) is 8.60. The molecule has 1 aliphatic heterocycles. The monoisotopic (exact) mass is 451 g/mol. The average molecular weight is 452 g/mol. The molecule has 0 radical (unpaired) electrons. The molecule has 7 heteroatoms. The number of amides is 1. The molecule has 0 atom stereocenters. The highest BCUT2D eigenvalue weighted by Gasteiger charge is 2.25. The van der Waals surface area contributed by atoms with Crippen LogP contribution in [0.4, 0.5) is 5.82 Å². The number of fused-ring (bicyclic) bond motifs is 1. The molecule has 4 rings (SSSR count). The van der Waals surface area contributed by atoms with Gasteiger partial charge in [-0.1, -0.05) is 35.9 Å². The van der Waals surface area contributed by atoms with Gasteiger partial charge in [-0.3, -0.25) is 9.59 Å². The van der Waals surface area contributed by atoms with Gasteiger partial charge in [-0.05, 0) is 61.6 Å². The number of carboxylic acid groups (broad SMARTS) is 1. The van der Waals surface area contributed by atoms with Crippen LogP contribution in [0.15, 0.2) is 48.5 Å². The van der Waals surface area contributed by atoms with E-state index in [0.717, 1.165) is 12.2 Å². The van der Waals surface area contributed by atoms with E-state index in [1.54, 1.807) is 6.07 Å². The van der Waals surface area contributed by atoms with Crippen LogP contribution in [0.25, 0.3) is 10.9 Å². The number of benzene rings is 2. The summed E-state index contributed by atoms with van der Waals surface area (Å²) in [5.41, 5.74) is 3.53. The average Bonchev–Trinajstić information content (AvgIpc) is 2.80. The number of hydrogen-bond acceptors (Lipinski definition) is 4. The summed E-state index contributed by atoms with van der Waals surface area (Å²) in [4.78, 5) is 31.0. The van der Waals surface area contributed by atoms with Crippen LogP contribution < -0.4 is 10.2 Å². The maximum atomic E-state index is 13.0. The van der Waals surface area contributed by atoms with E-state index in [2.05, 4.69) is 29.3 Å². The van der Waals surface area contributed by atoms with Crippen LogP contribution in [0, 0.1) is 12.8 Å². The van der Waals surface area contributed by atoms with Crippen molar-refractivity contribution in [1.29, 1.82) is 0 Å². The minimum Gasteiger partial charge on any atom is -0.481 e. The Labute approximate surface area is 192 Å². The van der Waals surface area contributed by atoms with Crippen molar-refractivity contribution in [2.45, 2.75) is 26.2 Å². The lowest BCUT2D eigenvalue weighted by Gasteiger charge is -2.31. The molecule has 1 aliphatic rings. The van der Waals surface area contributed by atoms with E-state index < -0.39 is 5.97 Å². The van der Waals surface area contributed by atoms with Crippen molar-refractivity contribution in [2.24, 2.45) is 5.92 Å². The number of anilines is 1. The lowest BCUT2D eigenvalue weighted by atomic mass is 9.97. The summed E-state index contributed by atoms with van der Waals surface area (Å²) >= 11 is 6.40. The van der Waals surface area contributed by atoms with Gasteiger partial charge in [-0.25, -0.2) is 4.98 Å². The van der Waals surface area contributed by atoms with E-state index in [0.29, 0.717) is 54.0 Å². The zero-order chi connectivity index (χ0) is 22.7. The Morgan fingerprint density at radius 2 is 1.88 bits per heavy atom. The molecule has 0 bridgehead atoms. The van der Waals surface area contributed by atoms with Gasteiger partial charge in [-0.15, -0.1) is 0 Å². The molecule has 0 spiro atoms. The molecule has 1 saturated heterocycles. The Morgan fingerprint density at radius 3 is 2.59 bits per heavy atom. The van der Waals surface area contributed by atoms with Gasteiger partial charge >= 0.3 is 5.97 Å². The number of carbonyl (C=O) groups is 2. The van der Waals surface area contributed by atoms with Crippen molar-refractivity contribution in [2.75, 3.05) is 24.5 Å². The van der Waals surface area contributed by atoms with Crippen LogP contribution in [0.3, 0.4) is 0 Å². The number of nitrogens with one attached hydrogen (secondary N) is 1. The number of carboxylic acids is 1. The van der Waals surface area contributed by atoms with Crippen LogP contribution in [0.1, 0.15) is 34.3 Å². The maximum absolute atomic E-state index is 13.0. The number of carbonyl (C=O) groups excluding carboxylic acids is 1. The molecule has 166 valence electrons. The van der Waals surface area contributed by atoms with Gasteiger partial charge in [0.2, 0.25) is 0 Å². The summed E-state index contributed by atoms with van der Waals surface area (Å²) < 4.78 is 0. The van der Waals surface area contributed by atoms with Crippen LogP contribution >= 0.6 is 11.6 Å². The predicted molar refractivity (Wildman–Crippen MR) is 127 cm³/mol. The van der Waals surface area contributed by atoms with Crippen LogP contribution in [-0.2, 0) is 11.2 Å². The third kappa shape index (κ3) is 4.70. The highest BCUT2D eigenvalue weighted by Crippen LogP contribution is 2.29. The first-order valence-corrected chi connectivity index (χ1v) is 11.2. The third-order valence-corrected chi connectivity index (χ3v) is 6.46. The second-order valence-electron chi connectivity index (χ2n) is 8.19. The Balaban J connectivity index is 1.49.